The van der Waals surface area contributed by atoms with Crippen LogP contribution < -0.4 is 0 Å². The van der Waals surface area contributed by atoms with Crippen LogP contribution in [0.15, 0.2) is 48.5 Å². The minimum atomic E-state index is -0.642. The summed E-state index contributed by atoms with van der Waals surface area (Å²) in [6.07, 6.45) is 0. The first kappa shape index (κ1) is 14.4. The second-order valence-electron chi connectivity index (χ2n) is 5.27. The van der Waals surface area contributed by atoms with Gasteiger partial charge in [0.05, 0.1) is 22.3 Å². The minimum Gasteiger partial charge on any atom is -0.268 e. The maximum atomic E-state index is 12.5. The van der Waals surface area contributed by atoms with Gasteiger partial charge in [-0.15, -0.1) is 0 Å². The minimum absolute atomic E-state index is 0.196. The van der Waals surface area contributed by atoms with Crippen LogP contribution in [0.2, 0.25) is 0 Å². The molecule has 2 aromatic carbocycles. The van der Waals surface area contributed by atoms with Crippen molar-refractivity contribution >= 4 is 41.0 Å². The molecule has 0 unspecified atom stereocenters. The Morgan fingerprint density at radius 2 is 0.833 bits per heavy atom. The SMILES string of the molecule is O=C1c2ccccc2C(=O)N1C(=S)N1C(=O)c2ccccc2C1=O. The van der Waals surface area contributed by atoms with E-state index in [1.807, 2.05) is 0 Å². The highest BCUT2D eigenvalue weighted by Crippen LogP contribution is 2.28. The average Bonchev–Trinajstić information content (AvgIpc) is 3.00. The molecule has 0 atom stereocenters. The number of thiocarbonyl (C=S) groups is 1. The Morgan fingerprint density at radius 3 is 1.08 bits per heavy atom. The van der Waals surface area contributed by atoms with Gasteiger partial charge in [-0.05, 0) is 36.5 Å². The normalized spacial score (nSPS) is 15.8. The van der Waals surface area contributed by atoms with Gasteiger partial charge in [-0.2, -0.15) is 0 Å². The third kappa shape index (κ3) is 1.73. The highest BCUT2D eigenvalue weighted by atomic mass is 32.1. The lowest BCUT2D eigenvalue weighted by molar-refractivity contribution is 0.0693. The van der Waals surface area contributed by atoms with Crippen molar-refractivity contribution in [3.8, 4) is 0 Å². The molecule has 0 radical (unpaired) electrons. The number of fused-ring (bicyclic) bond motifs is 2. The molecule has 0 N–H and O–H groups in total. The molecule has 0 bridgehead atoms. The number of hydrogen-bond donors (Lipinski definition) is 0. The van der Waals surface area contributed by atoms with Crippen LogP contribution in [0.25, 0.3) is 0 Å². The van der Waals surface area contributed by atoms with E-state index in [1.54, 1.807) is 24.3 Å². The number of hydrogen-bond acceptors (Lipinski definition) is 5. The molecule has 0 saturated carbocycles. The molecular weight excluding hydrogens is 328 g/mol. The van der Waals surface area contributed by atoms with Gasteiger partial charge >= 0.3 is 0 Å². The Bertz CT molecular complexity index is 835. The average molecular weight is 336 g/mol. The van der Waals surface area contributed by atoms with Gasteiger partial charge in [0.1, 0.15) is 0 Å². The van der Waals surface area contributed by atoms with Crippen LogP contribution in [-0.2, 0) is 0 Å². The van der Waals surface area contributed by atoms with E-state index in [1.165, 1.54) is 24.3 Å². The van der Waals surface area contributed by atoms with E-state index in [9.17, 15) is 19.2 Å². The number of nitrogens with zero attached hydrogens (tertiary/aromatic N) is 2. The van der Waals surface area contributed by atoms with Gasteiger partial charge in [-0.3, -0.25) is 19.2 Å². The molecule has 0 spiro atoms. The van der Waals surface area contributed by atoms with Crippen LogP contribution in [0.3, 0.4) is 0 Å². The first-order valence-corrected chi connectivity index (χ1v) is 7.43. The van der Waals surface area contributed by atoms with Crippen LogP contribution in [0, 0.1) is 0 Å². The second kappa shape index (κ2) is 4.90. The Hall–Kier alpha value is -3.19. The topological polar surface area (TPSA) is 74.8 Å². The molecule has 2 aliphatic heterocycles. The van der Waals surface area contributed by atoms with Crippen LogP contribution in [-0.4, -0.2) is 38.5 Å². The van der Waals surface area contributed by atoms with Crippen molar-refractivity contribution in [2.75, 3.05) is 0 Å². The Kier molecular flexibility index (Phi) is 2.94. The number of amides is 4. The second-order valence-corrected chi connectivity index (χ2v) is 5.63. The first-order valence-electron chi connectivity index (χ1n) is 7.02. The maximum Gasteiger partial charge on any atom is 0.267 e. The fourth-order valence-electron chi connectivity index (χ4n) is 2.83. The van der Waals surface area contributed by atoms with Gasteiger partial charge in [-0.25, -0.2) is 9.80 Å². The molecule has 2 aromatic rings. The predicted octanol–water partition coefficient (Wildman–Crippen LogP) is 1.86. The number of carbonyl (C=O) groups excluding carboxylic acids is 4. The lowest BCUT2D eigenvalue weighted by Gasteiger charge is -2.21. The van der Waals surface area contributed by atoms with Crippen molar-refractivity contribution in [3.63, 3.8) is 0 Å². The number of imide groups is 2. The summed E-state index contributed by atoms with van der Waals surface area (Å²) in [6, 6.07) is 12.5. The third-order valence-corrected chi connectivity index (χ3v) is 4.34. The molecule has 6 nitrogen and oxygen atoms in total. The Labute approximate surface area is 141 Å². The first-order chi connectivity index (χ1) is 11.5. The van der Waals surface area contributed by atoms with Crippen molar-refractivity contribution < 1.29 is 19.2 Å². The van der Waals surface area contributed by atoms with Gasteiger partial charge in [0.25, 0.3) is 23.6 Å². The van der Waals surface area contributed by atoms with Crippen LogP contribution in [0.1, 0.15) is 41.4 Å². The van der Waals surface area contributed by atoms with Crippen molar-refractivity contribution in [2.24, 2.45) is 0 Å². The molecular formula is C17H8N2O4S. The number of rotatable bonds is 0. The zero-order valence-corrected chi connectivity index (χ0v) is 12.9. The smallest absolute Gasteiger partial charge is 0.267 e. The van der Waals surface area contributed by atoms with Crippen LogP contribution in [0.4, 0.5) is 0 Å². The number of carbonyl (C=O) groups is 4. The molecule has 2 heterocycles. The van der Waals surface area contributed by atoms with Gasteiger partial charge in [0, 0.05) is 0 Å². The zero-order valence-electron chi connectivity index (χ0n) is 12.1. The van der Waals surface area contributed by atoms with Crippen molar-refractivity contribution in [3.05, 3.63) is 70.8 Å². The Morgan fingerprint density at radius 1 is 0.583 bits per heavy atom. The van der Waals surface area contributed by atoms with Gasteiger partial charge in [0.15, 0.2) is 5.11 Å². The molecule has 7 heteroatoms. The lowest BCUT2D eigenvalue weighted by atomic mass is 10.1. The summed E-state index contributed by atoms with van der Waals surface area (Å²) < 4.78 is 0. The van der Waals surface area contributed by atoms with E-state index < -0.39 is 28.7 Å². The molecule has 0 aromatic heterocycles. The standard InChI is InChI=1S/C17H8N2O4S/c20-13-9-5-1-2-6-10(9)14(21)18(13)17(24)19-15(22)11-7-3-4-8-12(11)16(19)23/h1-8H. The molecule has 4 amide bonds. The van der Waals surface area contributed by atoms with E-state index in [0.717, 1.165) is 0 Å². The van der Waals surface area contributed by atoms with E-state index in [0.29, 0.717) is 9.80 Å². The van der Waals surface area contributed by atoms with Crippen LogP contribution >= 0.6 is 12.2 Å². The summed E-state index contributed by atoms with van der Waals surface area (Å²) in [5.74, 6) is -2.57. The summed E-state index contributed by atoms with van der Waals surface area (Å²) in [6.45, 7) is 0. The van der Waals surface area contributed by atoms with Crippen LogP contribution in [0.5, 0.6) is 0 Å². The summed E-state index contributed by atoms with van der Waals surface area (Å²) in [5, 5.41) is -0.424. The van der Waals surface area contributed by atoms with Gasteiger partial charge in [-0.1, -0.05) is 24.3 Å². The maximum absolute atomic E-state index is 12.5. The highest BCUT2D eigenvalue weighted by Gasteiger charge is 2.45. The lowest BCUT2D eigenvalue weighted by Crippen LogP contribution is -2.48. The van der Waals surface area contributed by atoms with E-state index in [2.05, 4.69) is 0 Å². The third-order valence-electron chi connectivity index (χ3n) is 3.97. The predicted molar refractivity (Wildman–Crippen MR) is 86.5 cm³/mol. The number of benzene rings is 2. The Balaban J connectivity index is 1.74. The highest BCUT2D eigenvalue weighted by molar-refractivity contribution is 7.80. The quantitative estimate of drug-likeness (QED) is 0.542. The van der Waals surface area contributed by atoms with Crippen molar-refractivity contribution in [2.45, 2.75) is 0 Å². The largest absolute Gasteiger partial charge is 0.268 e. The fourth-order valence-corrected chi connectivity index (χ4v) is 3.16. The fraction of sp³-hybridized carbons (Fsp3) is 0. The van der Waals surface area contributed by atoms with Crippen molar-refractivity contribution in [1.82, 2.24) is 9.80 Å². The molecule has 0 aliphatic carbocycles. The molecule has 0 fully saturated rings. The van der Waals surface area contributed by atoms with Gasteiger partial charge < -0.3 is 0 Å². The molecule has 24 heavy (non-hydrogen) atoms. The van der Waals surface area contributed by atoms with E-state index in [4.69, 9.17) is 12.2 Å². The molecule has 0 saturated heterocycles. The summed E-state index contributed by atoms with van der Waals surface area (Å²) in [7, 11) is 0. The summed E-state index contributed by atoms with van der Waals surface area (Å²) in [4.78, 5) is 51.2. The van der Waals surface area contributed by atoms with Crippen molar-refractivity contribution in [1.29, 1.82) is 0 Å². The van der Waals surface area contributed by atoms with E-state index in [-0.39, 0.29) is 22.3 Å². The van der Waals surface area contributed by atoms with E-state index >= 15 is 0 Å². The molecule has 2 aliphatic rings. The monoisotopic (exact) mass is 336 g/mol. The molecule has 4 rings (SSSR count). The summed E-state index contributed by atoms with van der Waals surface area (Å²) >= 11 is 5.14. The van der Waals surface area contributed by atoms with Gasteiger partial charge in [0.2, 0.25) is 0 Å². The molecule has 116 valence electrons. The summed E-state index contributed by atoms with van der Waals surface area (Å²) in [5.41, 5.74) is 0.783. The zero-order chi connectivity index (χ0) is 17.0.